The molecule has 4 N–H and O–H groups in total. The van der Waals surface area contributed by atoms with Gasteiger partial charge in [0, 0.05) is 12.6 Å². The molecule has 1 aromatic heterocycles. The van der Waals surface area contributed by atoms with Gasteiger partial charge < -0.3 is 15.7 Å². The first-order chi connectivity index (χ1) is 9.56. The summed E-state index contributed by atoms with van der Waals surface area (Å²) in [5.74, 6) is 0.0217. The summed E-state index contributed by atoms with van der Waals surface area (Å²) in [6, 6.07) is 0.202. The van der Waals surface area contributed by atoms with Crippen LogP contribution in [-0.2, 0) is 0 Å². The van der Waals surface area contributed by atoms with E-state index in [-0.39, 0.29) is 30.2 Å². The molecule has 0 aromatic carbocycles. The predicted octanol–water partition coefficient (Wildman–Crippen LogP) is 1.49. The molecule has 0 unspecified atom stereocenters. The Morgan fingerprint density at radius 3 is 2.65 bits per heavy atom. The van der Waals surface area contributed by atoms with Gasteiger partial charge in [0.1, 0.15) is 0 Å². The van der Waals surface area contributed by atoms with Crippen molar-refractivity contribution in [3.8, 4) is 0 Å². The average molecular weight is 280 g/mol. The molecule has 0 saturated heterocycles. The smallest absolute Gasteiger partial charge is 0.276 e. The molecule has 20 heavy (non-hydrogen) atoms. The predicted molar refractivity (Wildman–Crippen MR) is 77.5 cm³/mol. The molecule has 1 amide bonds. The number of amides is 1. The molecule has 0 bridgehead atoms. The van der Waals surface area contributed by atoms with Crippen LogP contribution in [0.5, 0.6) is 0 Å². The monoisotopic (exact) mass is 280 g/mol. The Morgan fingerprint density at radius 2 is 2.15 bits per heavy atom. The number of hydrogen-bond acceptors (Lipinski definition) is 4. The van der Waals surface area contributed by atoms with Gasteiger partial charge in [0.25, 0.3) is 5.91 Å². The van der Waals surface area contributed by atoms with Gasteiger partial charge in [-0.25, -0.2) is 0 Å². The summed E-state index contributed by atoms with van der Waals surface area (Å²) in [6.07, 6.45) is 4.25. The molecular weight excluding hydrogens is 256 g/mol. The van der Waals surface area contributed by atoms with Crippen molar-refractivity contribution >= 4 is 11.6 Å². The fourth-order valence-corrected chi connectivity index (χ4v) is 2.88. The van der Waals surface area contributed by atoms with Crippen LogP contribution in [0.3, 0.4) is 0 Å². The lowest BCUT2D eigenvalue weighted by atomic mass is 10.1. The molecule has 1 aromatic rings. The van der Waals surface area contributed by atoms with Crippen LogP contribution in [0.25, 0.3) is 0 Å². The quantitative estimate of drug-likeness (QED) is 0.761. The molecule has 112 valence electrons. The minimum Gasteiger partial charge on any atom is -0.395 e. The van der Waals surface area contributed by atoms with Crippen molar-refractivity contribution in [3.05, 3.63) is 11.4 Å². The van der Waals surface area contributed by atoms with Crippen molar-refractivity contribution < 1.29 is 9.90 Å². The Kier molecular flexibility index (Phi) is 4.65. The summed E-state index contributed by atoms with van der Waals surface area (Å²) in [7, 11) is 0. The third-order valence-corrected chi connectivity index (χ3v) is 3.98. The van der Waals surface area contributed by atoms with E-state index >= 15 is 0 Å². The Morgan fingerprint density at radius 1 is 1.50 bits per heavy atom. The number of nitrogens with one attached hydrogen (secondary N) is 1. The van der Waals surface area contributed by atoms with Crippen LogP contribution in [0.2, 0.25) is 0 Å². The highest BCUT2D eigenvalue weighted by Gasteiger charge is 2.30. The zero-order valence-corrected chi connectivity index (χ0v) is 12.2. The average Bonchev–Trinajstić information content (AvgIpc) is 3.04. The van der Waals surface area contributed by atoms with Gasteiger partial charge in [0.2, 0.25) is 0 Å². The van der Waals surface area contributed by atoms with Crippen LogP contribution in [0.15, 0.2) is 0 Å². The van der Waals surface area contributed by atoms with Crippen LogP contribution >= 0.6 is 0 Å². The number of aromatic amines is 1. The molecule has 1 heterocycles. The maximum absolute atomic E-state index is 12.6. The lowest BCUT2D eigenvalue weighted by Gasteiger charge is -2.27. The van der Waals surface area contributed by atoms with Crippen molar-refractivity contribution in [2.75, 3.05) is 18.9 Å². The SMILES string of the molecule is CC(C)c1[nH]nc(C(=O)N(CCO)C2CCCC2)c1N. The van der Waals surface area contributed by atoms with Crippen molar-refractivity contribution in [3.63, 3.8) is 0 Å². The van der Waals surface area contributed by atoms with Crippen LogP contribution in [0.1, 0.15) is 61.6 Å². The maximum Gasteiger partial charge on any atom is 0.276 e. The zero-order chi connectivity index (χ0) is 14.7. The minimum atomic E-state index is -0.174. The maximum atomic E-state index is 12.6. The number of H-pyrrole nitrogens is 1. The Balaban J connectivity index is 2.22. The number of carbonyl (C=O) groups is 1. The van der Waals surface area contributed by atoms with Gasteiger partial charge >= 0.3 is 0 Å². The molecule has 0 radical (unpaired) electrons. The van der Waals surface area contributed by atoms with E-state index in [0.717, 1.165) is 31.4 Å². The number of rotatable bonds is 5. The second kappa shape index (κ2) is 6.26. The van der Waals surface area contributed by atoms with Gasteiger partial charge in [-0.05, 0) is 18.8 Å². The molecule has 0 atom stereocenters. The topological polar surface area (TPSA) is 95.2 Å². The largest absolute Gasteiger partial charge is 0.395 e. The van der Waals surface area contributed by atoms with Crippen molar-refractivity contribution in [2.45, 2.75) is 51.5 Å². The molecule has 2 rings (SSSR count). The first-order valence-corrected chi connectivity index (χ1v) is 7.31. The van der Waals surface area contributed by atoms with E-state index in [1.165, 1.54) is 0 Å². The molecule has 1 fully saturated rings. The van der Waals surface area contributed by atoms with E-state index in [1.54, 1.807) is 4.90 Å². The zero-order valence-electron chi connectivity index (χ0n) is 12.2. The number of nitrogen functional groups attached to an aromatic ring is 1. The third-order valence-electron chi connectivity index (χ3n) is 3.98. The van der Waals surface area contributed by atoms with Crippen LogP contribution in [0, 0.1) is 0 Å². The summed E-state index contributed by atoms with van der Waals surface area (Å²) in [4.78, 5) is 14.4. The van der Waals surface area contributed by atoms with Gasteiger partial charge in [-0.15, -0.1) is 0 Å². The minimum absolute atomic E-state index is 0.0381. The highest BCUT2D eigenvalue weighted by molar-refractivity contribution is 5.98. The number of carbonyl (C=O) groups excluding carboxylic acids is 1. The Labute approximate surface area is 119 Å². The van der Waals surface area contributed by atoms with E-state index in [4.69, 9.17) is 5.73 Å². The highest BCUT2D eigenvalue weighted by Crippen LogP contribution is 2.27. The van der Waals surface area contributed by atoms with Gasteiger partial charge in [-0.1, -0.05) is 26.7 Å². The molecule has 0 spiro atoms. The first kappa shape index (κ1) is 14.8. The number of aromatic nitrogens is 2. The second-order valence-corrected chi connectivity index (χ2v) is 5.71. The number of anilines is 1. The Bertz CT molecular complexity index is 464. The molecule has 0 aliphatic heterocycles. The van der Waals surface area contributed by atoms with Gasteiger partial charge in [-0.2, -0.15) is 5.10 Å². The number of nitrogens with zero attached hydrogens (tertiary/aromatic N) is 2. The number of hydrogen-bond donors (Lipinski definition) is 3. The molecule has 1 aliphatic rings. The summed E-state index contributed by atoms with van der Waals surface area (Å²) >= 11 is 0. The number of nitrogens with two attached hydrogens (primary N) is 1. The normalized spacial score (nSPS) is 16.0. The number of aliphatic hydroxyl groups excluding tert-OH is 1. The molecular formula is C14H24N4O2. The van der Waals surface area contributed by atoms with Crippen LogP contribution in [0.4, 0.5) is 5.69 Å². The van der Waals surface area contributed by atoms with E-state index < -0.39 is 0 Å². The molecule has 6 heteroatoms. The fourth-order valence-electron chi connectivity index (χ4n) is 2.88. The van der Waals surface area contributed by atoms with Crippen molar-refractivity contribution in [1.82, 2.24) is 15.1 Å². The van der Waals surface area contributed by atoms with Crippen molar-refractivity contribution in [1.29, 1.82) is 0 Å². The summed E-state index contributed by atoms with van der Waals surface area (Å²) in [5, 5.41) is 16.1. The Hall–Kier alpha value is -1.56. The van der Waals surface area contributed by atoms with E-state index in [0.29, 0.717) is 12.2 Å². The number of aliphatic hydroxyl groups is 1. The molecule has 1 saturated carbocycles. The second-order valence-electron chi connectivity index (χ2n) is 5.71. The van der Waals surface area contributed by atoms with Gasteiger partial charge in [-0.3, -0.25) is 9.89 Å². The van der Waals surface area contributed by atoms with E-state index in [1.807, 2.05) is 13.8 Å². The van der Waals surface area contributed by atoms with Gasteiger partial charge in [0.15, 0.2) is 5.69 Å². The van der Waals surface area contributed by atoms with Crippen LogP contribution < -0.4 is 5.73 Å². The van der Waals surface area contributed by atoms with Crippen molar-refractivity contribution in [2.24, 2.45) is 0 Å². The summed E-state index contributed by atoms with van der Waals surface area (Å²) in [5.41, 5.74) is 7.55. The summed E-state index contributed by atoms with van der Waals surface area (Å²) in [6.45, 7) is 4.30. The standard InChI is InChI=1S/C14H24N4O2/c1-9(2)12-11(15)13(17-16-12)14(20)18(7-8-19)10-5-3-4-6-10/h9-10,19H,3-8,15H2,1-2H3,(H,16,17). The highest BCUT2D eigenvalue weighted by atomic mass is 16.3. The van der Waals surface area contributed by atoms with Crippen LogP contribution in [-0.4, -0.2) is 45.3 Å². The third kappa shape index (κ3) is 2.80. The van der Waals surface area contributed by atoms with E-state index in [9.17, 15) is 9.90 Å². The lowest BCUT2D eigenvalue weighted by Crippen LogP contribution is -2.41. The molecule has 6 nitrogen and oxygen atoms in total. The fraction of sp³-hybridized carbons (Fsp3) is 0.714. The summed E-state index contributed by atoms with van der Waals surface area (Å²) < 4.78 is 0. The first-order valence-electron chi connectivity index (χ1n) is 7.31. The van der Waals surface area contributed by atoms with E-state index in [2.05, 4.69) is 10.2 Å². The molecule has 1 aliphatic carbocycles. The van der Waals surface area contributed by atoms with Gasteiger partial charge in [0.05, 0.1) is 18.0 Å². The lowest BCUT2D eigenvalue weighted by molar-refractivity contribution is 0.0633.